The SMILES string of the molecule is CN(C(=O)C[C@H](NC(N)=O)c1ccc(Br)cc1)[C@@H]1CCc2ccccc21. The van der Waals surface area contributed by atoms with E-state index in [4.69, 9.17) is 5.73 Å². The van der Waals surface area contributed by atoms with Crippen molar-refractivity contribution in [2.24, 2.45) is 5.73 Å². The number of nitrogens with one attached hydrogen (secondary N) is 1. The molecule has 0 heterocycles. The van der Waals surface area contributed by atoms with E-state index in [1.807, 2.05) is 43.4 Å². The summed E-state index contributed by atoms with van der Waals surface area (Å²) in [5.41, 5.74) is 8.68. The first-order valence-electron chi connectivity index (χ1n) is 8.60. The van der Waals surface area contributed by atoms with E-state index in [1.54, 1.807) is 4.90 Å². The number of nitrogens with zero attached hydrogens (tertiary/aromatic N) is 1. The summed E-state index contributed by atoms with van der Waals surface area (Å²) in [7, 11) is 1.83. The molecule has 0 spiro atoms. The van der Waals surface area contributed by atoms with E-state index in [0.717, 1.165) is 22.9 Å². The molecule has 26 heavy (non-hydrogen) atoms. The summed E-state index contributed by atoms with van der Waals surface area (Å²) >= 11 is 3.39. The van der Waals surface area contributed by atoms with Crippen LogP contribution in [0, 0.1) is 0 Å². The Morgan fingerprint density at radius 3 is 2.62 bits per heavy atom. The highest BCUT2D eigenvalue weighted by atomic mass is 79.9. The minimum Gasteiger partial charge on any atom is -0.352 e. The predicted molar refractivity (Wildman–Crippen MR) is 104 cm³/mol. The highest BCUT2D eigenvalue weighted by Gasteiger charge is 2.29. The molecule has 2 aromatic rings. The Kier molecular flexibility index (Phi) is 5.61. The van der Waals surface area contributed by atoms with Crippen molar-refractivity contribution in [3.63, 3.8) is 0 Å². The molecule has 6 heteroatoms. The van der Waals surface area contributed by atoms with Crippen molar-refractivity contribution in [2.75, 3.05) is 7.05 Å². The monoisotopic (exact) mass is 415 g/mol. The molecule has 0 bridgehead atoms. The first-order valence-corrected chi connectivity index (χ1v) is 9.40. The molecule has 2 aromatic carbocycles. The van der Waals surface area contributed by atoms with Crippen LogP contribution in [0.25, 0.3) is 0 Å². The first kappa shape index (κ1) is 18.5. The summed E-state index contributed by atoms with van der Waals surface area (Å²) in [6.45, 7) is 0. The minimum absolute atomic E-state index is 0.0200. The van der Waals surface area contributed by atoms with Gasteiger partial charge in [0.15, 0.2) is 0 Å². The molecule has 2 atom stereocenters. The molecule has 0 aromatic heterocycles. The third-order valence-corrected chi connectivity index (χ3v) is 5.46. The highest BCUT2D eigenvalue weighted by Crippen LogP contribution is 2.35. The van der Waals surface area contributed by atoms with Crippen LogP contribution < -0.4 is 11.1 Å². The van der Waals surface area contributed by atoms with Crippen LogP contribution in [0.4, 0.5) is 4.79 Å². The molecule has 0 fully saturated rings. The Labute approximate surface area is 161 Å². The van der Waals surface area contributed by atoms with Gasteiger partial charge in [0.2, 0.25) is 5.91 Å². The second kappa shape index (κ2) is 7.91. The predicted octanol–water partition coefficient (Wildman–Crippen LogP) is 3.69. The topological polar surface area (TPSA) is 75.4 Å². The van der Waals surface area contributed by atoms with Crippen LogP contribution in [0.5, 0.6) is 0 Å². The number of carbonyl (C=O) groups excluding carboxylic acids is 2. The molecule has 0 unspecified atom stereocenters. The van der Waals surface area contributed by atoms with E-state index in [-0.39, 0.29) is 18.4 Å². The lowest BCUT2D eigenvalue weighted by molar-refractivity contribution is -0.132. The first-order chi connectivity index (χ1) is 12.5. The van der Waals surface area contributed by atoms with Gasteiger partial charge in [-0.25, -0.2) is 4.79 Å². The van der Waals surface area contributed by atoms with Crippen molar-refractivity contribution in [1.29, 1.82) is 0 Å². The molecular formula is C20H22BrN3O2. The number of hydrogen-bond donors (Lipinski definition) is 2. The molecule has 0 saturated heterocycles. The number of urea groups is 1. The molecule has 0 radical (unpaired) electrons. The van der Waals surface area contributed by atoms with E-state index >= 15 is 0 Å². The molecule has 0 aliphatic heterocycles. The van der Waals surface area contributed by atoms with Gasteiger partial charge in [0, 0.05) is 11.5 Å². The van der Waals surface area contributed by atoms with Gasteiger partial charge in [-0.15, -0.1) is 0 Å². The molecule has 1 aliphatic carbocycles. The summed E-state index contributed by atoms with van der Waals surface area (Å²) < 4.78 is 0.935. The summed E-state index contributed by atoms with van der Waals surface area (Å²) in [5.74, 6) is -0.0200. The number of benzene rings is 2. The van der Waals surface area contributed by atoms with Gasteiger partial charge in [0.05, 0.1) is 18.5 Å². The van der Waals surface area contributed by atoms with E-state index in [2.05, 4.69) is 33.4 Å². The standard InChI is InChI=1S/C20H22BrN3O2/c1-24(18-11-8-13-4-2-3-5-16(13)18)19(25)12-17(23-20(22)26)14-6-9-15(21)10-7-14/h2-7,9-10,17-18H,8,11-12H2,1H3,(H3,22,23,26)/t17-,18+/m0/s1. The number of halogens is 1. The maximum Gasteiger partial charge on any atom is 0.312 e. The molecule has 1 aliphatic rings. The molecule has 3 rings (SSSR count). The van der Waals surface area contributed by atoms with Gasteiger partial charge < -0.3 is 16.0 Å². The molecule has 3 amide bonds. The lowest BCUT2D eigenvalue weighted by atomic mass is 10.0. The van der Waals surface area contributed by atoms with Crippen LogP contribution in [0.2, 0.25) is 0 Å². The Morgan fingerprint density at radius 2 is 1.92 bits per heavy atom. The van der Waals surface area contributed by atoms with Crippen molar-refractivity contribution >= 4 is 27.9 Å². The summed E-state index contributed by atoms with van der Waals surface area (Å²) in [4.78, 5) is 26.1. The number of rotatable bonds is 5. The van der Waals surface area contributed by atoms with Gasteiger partial charge in [-0.1, -0.05) is 52.3 Å². The maximum atomic E-state index is 12.9. The average molecular weight is 416 g/mol. The molecular weight excluding hydrogens is 394 g/mol. The number of hydrogen-bond acceptors (Lipinski definition) is 2. The van der Waals surface area contributed by atoms with E-state index in [0.29, 0.717) is 0 Å². The fourth-order valence-electron chi connectivity index (χ4n) is 3.55. The molecule has 5 nitrogen and oxygen atoms in total. The molecule has 3 N–H and O–H groups in total. The molecule has 136 valence electrons. The number of fused-ring (bicyclic) bond motifs is 1. The number of amides is 3. The van der Waals surface area contributed by atoms with Crippen molar-refractivity contribution < 1.29 is 9.59 Å². The van der Waals surface area contributed by atoms with Crippen molar-refractivity contribution in [1.82, 2.24) is 10.2 Å². The Bertz CT molecular complexity index is 807. The van der Waals surface area contributed by atoms with Gasteiger partial charge in [0.1, 0.15) is 0 Å². The largest absolute Gasteiger partial charge is 0.352 e. The maximum absolute atomic E-state index is 12.9. The van der Waals surface area contributed by atoms with Gasteiger partial charge in [0.25, 0.3) is 0 Å². The number of carbonyl (C=O) groups is 2. The van der Waals surface area contributed by atoms with Crippen molar-refractivity contribution in [3.8, 4) is 0 Å². The number of nitrogens with two attached hydrogens (primary N) is 1. The van der Waals surface area contributed by atoms with Crippen LogP contribution in [0.3, 0.4) is 0 Å². The summed E-state index contributed by atoms with van der Waals surface area (Å²) in [6, 6.07) is 14.8. The highest BCUT2D eigenvalue weighted by molar-refractivity contribution is 9.10. The average Bonchev–Trinajstić information content (AvgIpc) is 3.04. The third-order valence-electron chi connectivity index (χ3n) is 4.93. The Balaban J connectivity index is 1.75. The summed E-state index contributed by atoms with van der Waals surface area (Å²) in [6.07, 6.45) is 2.07. The van der Waals surface area contributed by atoms with Crippen LogP contribution in [0.15, 0.2) is 53.0 Å². The fourth-order valence-corrected chi connectivity index (χ4v) is 3.81. The van der Waals surface area contributed by atoms with Gasteiger partial charge >= 0.3 is 6.03 Å². The van der Waals surface area contributed by atoms with Gasteiger partial charge in [-0.2, -0.15) is 0 Å². The molecule has 0 saturated carbocycles. The van der Waals surface area contributed by atoms with Crippen LogP contribution in [0.1, 0.15) is 41.6 Å². The van der Waals surface area contributed by atoms with Crippen LogP contribution in [-0.2, 0) is 11.2 Å². The fraction of sp³-hybridized carbons (Fsp3) is 0.300. The van der Waals surface area contributed by atoms with E-state index < -0.39 is 12.1 Å². The quantitative estimate of drug-likeness (QED) is 0.780. The van der Waals surface area contributed by atoms with Crippen LogP contribution in [-0.4, -0.2) is 23.9 Å². The van der Waals surface area contributed by atoms with E-state index in [9.17, 15) is 9.59 Å². The van der Waals surface area contributed by atoms with Crippen molar-refractivity contribution in [3.05, 3.63) is 69.7 Å². The van der Waals surface area contributed by atoms with E-state index in [1.165, 1.54) is 11.1 Å². The zero-order valence-electron chi connectivity index (χ0n) is 14.6. The van der Waals surface area contributed by atoms with Gasteiger partial charge in [-0.05, 0) is 41.7 Å². The zero-order valence-corrected chi connectivity index (χ0v) is 16.2. The smallest absolute Gasteiger partial charge is 0.312 e. The number of primary amides is 1. The second-order valence-corrected chi connectivity index (χ2v) is 7.49. The van der Waals surface area contributed by atoms with Crippen LogP contribution >= 0.6 is 15.9 Å². The third kappa shape index (κ3) is 4.07. The second-order valence-electron chi connectivity index (χ2n) is 6.57. The Hall–Kier alpha value is -2.34. The van der Waals surface area contributed by atoms with Crippen molar-refractivity contribution in [2.45, 2.75) is 31.3 Å². The summed E-state index contributed by atoms with van der Waals surface area (Å²) in [5, 5.41) is 2.69. The van der Waals surface area contributed by atoms with Gasteiger partial charge in [-0.3, -0.25) is 4.79 Å². The minimum atomic E-state index is -0.639. The lowest BCUT2D eigenvalue weighted by Crippen LogP contribution is -2.38. The lowest BCUT2D eigenvalue weighted by Gasteiger charge is -2.28. The zero-order chi connectivity index (χ0) is 18.7. The Morgan fingerprint density at radius 1 is 1.23 bits per heavy atom. The number of aryl methyl sites for hydroxylation is 1. The normalized spacial score (nSPS) is 16.6.